The summed E-state index contributed by atoms with van der Waals surface area (Å²) in [5.41, 5.74) is 5.83. The number of phenolic OH excluding ortho intramolecular Hbond substituents is 1. The van der Waals surface area contributed by atoms with Crippen LogP contribution in [-0.4, -0.2) is 16.9 Å². The zero-order valence-electron chi connectivity index (χ0n) is 12.2. The fourth-order valence-electron chi connectivity index (χ4n) is 2.09. The summed E-state index contributed by atoms with van der Waals surface area (Å²) in [5, 5.41) is 9.57. The summed E-state index contributed by atoms with van der Waals surface area (Å²) in [6, 6.07) is 15.8. The van der Waals surface area contributed by atoms with Crippen molar-refractivity contribution in [3.63, 3.8) is 0 Å². The Morgan fingerprint density at radius 2 is 1.64 bits per heavy atom. The molecule has 0 radical (unpaired) electrons. The molecule has 2 rings (SSSR count). The van der Waals surface area contributed by atoms with Crippen molar-refractivity contribution in [1.29, 1.82) is 0 Å². The lowest BCUT2D eigenvalue weighted by molar-refractivity contribution is -0.122. The molecule has 0 saturated carbocycles. The third-order valence-corrected chi connectivity index (χ3v) is 3.32. The van der Waals surface area contributed by atoms with Crippen LogP contribution in [0.5, 0.6) is 5.75 Å². The van der Waals surface area contributed by atoms with Gasteiger partial charge in [-0.25, -0.2) is 0 Å². The number of amides is 2. The maximum absolute atomic E-state index is 11.9. The number of benzene rings is 2. The fraction of sp³-hybridized carbons (Fsp3) is 0.176. The zero-order chi connectivity index (χ0) is 15.9. The van der Waals surface area contributed by atoms with Gasteiger partial charge in [-0.2, -0.15) is 0 Å². The SMILES string of the molecule is CC(CC(=O)NNC(=O)c1ccccc1O)c1ccccc1. The number of aromatic hydroxyl groups is 1. The minimum atomic E-state index is -0.557. The number of hydrogen-bond donors (Lipinski definition) is 3. The average molecular weight is 298 g/mol. The molecule has 5 heteroatoms. The van der Waals surface area contributed by atoms with Crippen molar-refractivity contribution in [3.8, 4) is 5.75 Å². The Hall–Kier alpha value is -2.82. The van der Waals surface area contributed by atoms with E-state index in [1.54, 1.807) is 12.1 Å². The van der Waals surface area contributed by atoms with Crippen LogP contribution in [0.15, 0.2) is 54.6 Å². The number of rotatable bonds is 4. The lowest BCUT2D eigenvalue weighted by Crippen LogP contribution is -2.42. The Balaban J connectivity index is 1.85. The Kier molecular flexibility index (Phi) is 5.14. The highest BCUT2D eigenvalue weighted by Crippen LogP contribution is 2.18. The van der Waals surface area contributed by atoms with Crippen LogP contribution in [0.1, 0.15) is 35.2 Å². The second kappa shape index (κ2) is 7.26. The topological polar surface area (TPSA) is 78.4 Å². The van der Waals surface area contributed by atoms with Gasteiger partial charge in [-0.05, 0) is 23.6 Å². The molecule has 2 aromatic carbocycles. The molecule has 0 saturated heterocycles. The van der Waals surface area contributed by atoms with Crippen molar-refractivity contribution in [2.24, 2.45) is 0 Å². The summed E-state index contributed by atoms with van der Waals surface area (Å²) in [6.45, 7) is 1.94. The van der Waals surface area contributed by atoms with Crippen LogP contribution in [-0.2, 0) is 4.79 Å². The molecular formula is C17H18N2O3. The molecule has 0 heterocycles. The van der Waals surface area contributed by atoms with Crippen LogP contribution in [0.4, 0.5) is 0 Å². The van der Waals surface area contributed by atoms with E-state index in [0.29, 0.717) is 0 Å². The predicted molar refractivity (Wildman–Crippen MR) is 83.2 cm³/mol. The standard InChI is InChI=1S/C17H18N2O3/c1-12(13-7-3-2-4-8-13)11-16(21)18-19-17(22)14-9-5-6-10-15(14)20/h2-10,12,20H,11H2,1H3,(H,18,21)(H,19,22). The molecule has 5 nitrogen and oxygen atoms in total. The number of para-hydroxylation sites is 1. The van der Waals surface area contributed by atoms with E-state index in [9.17, 15) is 14.7 Å². The Bertz CT molecular complexity index is 656. The van der Waals surface area contributed by atoms with Gasteiger partial charge in [0.15, 0.2) is 0 Å². The molecule has 0 aromatic heterocycles. The Morgan fingerprint density at radius 3 is 2.32 bits per heavy atom. The highest BCUT2D eigenvalue weighted by Gasteiger charge is 2.13. The summed E-state index contributed by atoms with van der Waals surface area (Å²) in [6.07, 6.45) is 0.255. The first-order chi connectivity index (χ1) is 10.6. The van der Waals surface area contributed by atoms with Crippen LogP contribution in [0, 0.1) is 0 Å². The van der Waals surface area contributed by atoms with Crippen molar-refractivity contribution in [2.45, 2.75) is 19.3 Å². The smallest absolute Gasteiger partial charge is 0.273 e. The average Bonchev–Trinajstić information content (AvgIpc) is 2.54. The van der Waals surface area contributed by atoms with Crippen molar-refractivity contribution in [2.75, 3.05) is 0 Å². The largest absolute Gasteiger partial charge is 0.507 e. The summed E-state index contributed by atoms with van der Waals surface area (Å²) < 4.78 is 0. The zero-order valence-corrected chi connectivity index (χ0v) is 12.2. The van der Waals surface area contributed by atoms with E-state index >= 15 is 0 Å². The number of nitrogens with one attached hydrogen (secondary N) is 2. The molecule has 2 amide bonds. The number of carbonyl (C=O) groups excluding carboxylic acids is 2. The molecular weight excluding hydrogens is 280 g/mol. The first-order valence-corrected chi connectivity index (χ1v) is 7.00. The Labute approximate surface area is 129 Å². The predicted octanol–water partition coefficient (Wildman–Crippen LogP) is 2.35. The summed E-state index contributed by atoms with van der Waals surface area (Å²) in [4.78, 5) is 23.7. The maximum Gasteiger partial charge on any atom is 0.273 e. The number of hydrogen-bond acceptors (Lipinski definition) is 3. The van der Waals surface area contributed by atoms with Crippen LogP contribution >= 0.6 is 0 Å². The monoisotopic (exact) mass is 298 g/mol. The first kappa shape index (κ1) is 15.6. The minimum Gasteiger partial charge on any atom is -0.507 e. The van der Waals surface area contributed by atoms with Crippen molar-refractivity contribution in [3.05, 3.63) is 65.7 Å². The quantitative estimate of drug-likeness (QED) is 0.758. The third kappa shape index (κ3) is 4.09. The molecule has 3 N–H and O–H groups in total. The summed E-state index contributed by atoms with van der Waals surface area (Å²) in [5.74, 6) is -0.936. The highest BCUT2D eigenvalue weighted by molar-refractivity contribution is 5.97. The molecule has 22 heavy (non-hydrogen) atoms. The lowest BCUT2D eigenvalue weighted by Gasteiger charge is -2.12. The van der Waals surface area contributed by atoms with Gasteiger partial charge in [0.25, 0.3) is 5.91 Å². The van der Waals surface area contributed by atoms with Crippen molar-refractivity contribution >= 4 is 11.8 Å². The van der Waals surface area contributed by atoms with E-state index < -0.39 is 5.91 Å². The Morgan fingerprint density at radius 1 is 1.00 bits per heavy atom. The molecule has 0 aliphatic heterocycles. The molecule has 0 fully saturated rings. The van der Waals surface area contributed by atoms with Gasteiger partial charge < -0.3 is 5.11 Å². The van der Waals surface area contributed by atoms with Crippen molar-refractivity contribution < 1.29 is 14.7 Å². The number of phenols is 1. The molecule has 0 bridgehead atoms. The fourth-order valence-corrected chi connectivity index (χ4v) is 2.09. The van der Waals surface area contributed by atoms with Crippen LogP contribution in [0.2, 0.25) is 0 Å². The van der Waals surface area contributed by atoms with Crippen LogP contribution < -0.4 is 10.9 Å². The van der Waals surface area contributed by atoms with Gasteiger partial charge in [-0.15, -0.1) is 0 Å². The third-order valence-electron chi connectivity index (χ3n) is 3.32. The van der Waals surface area contributed by atoms with Crippen molar-refractivity contribution in [1.82, 2.24) is 10.9 Å². The van der Waals surface area contributed by atoms with Crippen LogP contribution in [0.3, 0.4) is 0 Å². The van der Waals surface area contributed by atoms with Gasteiger partial charge in [0, 0.05) is 6.42 Å². The van der Waals surface area contributed by atoms with Gasteiger partial charge in [0.1, 0.15) is 5.75 Å². The highest BCUT2D eigenvalue weighted by atomic mass is 16.3. The summed E-state index contributed by atoms with van der Waals surface area (Å²) in [7, 11) is 0. The molecule has 0 aliphatic carbocycles. The van der Waals surface area contributed by atoms with E-state index in [0.717, 1.165) is 5.56 Å². The van der Waals surface area contributed by atoms with E-state index in [4.69, 9.17) is 0 Å². The number of hydrazine groups is 1. The second-order valence-corrected chi connectivity index (χ2v) is 5.04. The molecule has 1 unspecified atom stereocenters. The van der Waals surface area contributed by atoms with Gasteiger partial charge >= 0.3 is 0 Å². The van der Waals surface area contributed by atoms with E-state index in [2.05, 4.69) is 10.9 Å². The molecule has 114 valence electrons. The van der Waals surface area contributed by atoms with E-state index in [1.165, 1.54) is 12.1 Å². The molecule has 2 aromatic rings. The molecule has 0 spiro atoms. The molecule has 0 aliphatic rings. The van der Waals surface area contributed by atoms with Gasteiger partial charge in [0.05, 0.1) is 5.56 Å². The second-order valence-electron chi connectivity index (χ2n) is 5.04. The van der Waals surface area contributed by atoms with Gasteiger partial charge in [-0.1, -0.05) is 49.4 Å². The van der Waals surface area contributed by atoms with Crippen LogP contribution in [0.25, 0.3) is 0 Å². The lowest BCUT2D eigenvalue weighted by atomic mass is 9.98. The van der Waals surface area contributed by atoms with E-state index in [1.807, 2.05) is 37.3 Å². The van der Waals surface area contributed by atoms with Gasteiger partial charge in [-0.3, -0.25) is 20.4 Å². The first-order valence-electron chi connectivity index (χ1n) is 7.00. The normalized spacial score (nSPS) is 11.5. The van der Waals surface area contributed by atoms with E-state index in [-0.39, 0.29) is 29.6 Å². The summed E-state index contributed by atoms with van der Waals surface area (Å²) >= 11 is 0. The number of carbonyl (C=O) groups is 2. The maximum atomic E-state index is 11.9. The van der Waals surface area contributed by atoms with Gasteiger partial charge in [0.2, 0.25) is 5.91 Å². The molecule has 1 atom stereocenters. The minimum absolute atomic E-state index is 0.0447.